The second-order valence-corrected chi connectivity index (χ2v) is 1.56. The molecule has 0 unspecified atom stereocenters. The van der Waals surface area contributed by atoms with Gasteiger partial charge in [0, 0.05) is 0 Å². The van der Waals surface area contributed by atoms with Crippen molar-refractivity contribution in [1.29, 1.82) is 0 Å². The van der Waals surface area contributed by atoms with E-state index in [9.17, 15) is 4.79 Å². The maximum Gasteiger partial charge on any atom is 0.317 e. The van der Waals surface area contributed by atoms with E-state index < -0.39 is 0 Å². The van der Waals surface area contributed by atoms with Crippen molar-refractivity contribution in [2.45, 2.75) is 0 Å². The molecule has 0 aliphatic heterocycles. The van der Waals surface area contributed by atoms with Gasteiger partial charge in [-0.25, -0.2) is 0 Å². The van der Waals surface area contributed by atoms with Crippen molar-refractivity contribution in [2.75, 3.05) is 11.9 Å². The first kappa shape index (κ1) is 7.51. The van der Waals surface area contributed by atoms with Crippen LogP contribution < -0.4 is 0 Å². The third kappa shape index (κ3) is 3.69. The van der Waals surface area contributed by atoms with E-state index in [0.717, 1.165) is 0 Å². The fourth-order valence-electron chi connectivity index (χ4n) is 0.161. The molecule has 0 heterocycles. The predicted molar refractivity (Wildman–Crippen MR) is 33.6 cm³/mol. The number of hydrogen-bond donors (Lipinski definition) is 0. The lowest BCUT2D eigenvalue weighted by Crippen LogP contribution is -2.04. The molecule has 0 saturated carbocycles. The molecule has 0 spiro atoms. The Bertz CT molecular complexity index is 114. The molecule has 0 aromatic heterocycles. The number of hydrogen-bond acceptors (Lipinski definition) is 2. The summed E-state index contributed by atoms with van der Waals surface area (Å²) in [5.41, 5.74) is 0. The van der Waals surface area contributed by atoms with E-state index in [4.69, 9.17) is 6.42 Å². The van der Waals surface area contributed by atoms with Crippen LogP contribution in [-0.2, 0) is 9.53 Å². The third-order valence-electron chi connectivity index (χ3n) is 0.426. The number of rotatable bonds is 2. The predicted octanol–water partition coefficient (Wildman–Crippen LogP) is 0.558. The molecule has 3 heteroatoms. The second-order valence-electron chi connectivity index (χ2n) is 0.998. The van der Waals surface area contributed by atoms with Gasteiger partial charge < -0.3 is 4.74 Å². The van der Waals surface area contributed by atoms with E-state index >= 15 is 0 Å². The normalized spacial score (nSPS) is 7.50. The summed E-state index contributed by atoms with van der Waals surface area (Å²) in [5.74, 6) is 1.84. The van der Waals surface area contributed by atoms with Crippen LogP contribution in [0.4, 0.5) is 0 Å². The molecule has 0 amide bonds. The lowest BCUT2D eigenvalue weighted by molar-refractivity contribution is -0.138. The van der Waals surface area contributed by atoms with Gasteiger partial charge in [0.2, 0.25) is 0 Å². The molecule has 0 saturated heterocycles. The van der Waals surface area contributed by atoms with Crippen molar-refractivity contribution in [1.82, 2.24) is 0 Å². The number of alkyl halides is 1. The molecule has 0 aromatic carbocycles. The lowest BCUT2D eigenvalue weighted by atomic mass is 10.7. The van der Waals surface area contributed by atoms with E-state index in [0.29, 0.717) is 0 Å². The molecule has 0 bridgehead atoms. The van der Waals surface area contributed by atoms with E-state index in [1.165, 1.54) is 0 Å². The molecule has 0 rings (SSSR count). The van der Waals surface area contributed by atoms with E-state index in [1.54, 1.807) is 0 Å². The zero-order valence-corrected chi connectivity index (χ0v) is 5.77. The van der Waals surface area contributed by atoms with Gasteiger partial charge >= 0.3 is 5.97 Å². The Morgan fingerprint density at radius 1 is 1.88 bits per heavy atom. The Labute approximate surface area is 56.3 Å². The minimum absolute atomic E-state index is 0.0600. The van der Waals surface area contributed by atoms with Gasteiger partial charge in [-0.1, -0.05) is 21.9 Å². The number of halogens is 1. The Kier molecular flexibility index (Phi) is 4.38. The van der Waals surface area contributed by atoms with Gasteiger partial charge in [0.25, 0.3) is 0 Å². The first-order valence-electron chi connectivity index (χ1n) is 1.96. The van der Waals surface area contributed by atoms with Gasteiger partial charge in [0.15, 0.2) is 6.61 Å². The lowest BCUT2D eigenvalue weighted by Gasteiger charge is -1.92. The van der Waals surface area contributed by atoms with Crippen LogP contribution >= 0.6 is 15.9 Å². The van der Waals surface area contributed by atoms with Crippen molar-refractivity contribution in [3.8, 4) is 12.3 Å². The van der Waals surface area contributed by atoms with Crippen LogP contribution in [0.5, 0.6) is 0 Å². The van der Waals surface area contributed by atoms with Crippen LogP contribution in [0, 0.1) is 12.3 Å². The summed E-state index contributed by atoms with van der Waals surface area (Å²) in [5, 5.41) is 0.203. The van der Waals surface area contributed by atoms with Gasteiger partial charge in [-0.3, -0.25) is 4.79 Å². The molecule has 0 aliphatic rings. The molecule has 0 N–H and O–H groups in total. The summed E-state index contributed by atoms with van der Waals surface area (Å²) in [6, 6.07) is 0. The van der Waals surface area contributed by atoms with Crippen LogP contribution in [0.3, 0.4) is 0 Å². The number of terminal acetylenes is 1. The topological polar surface area (TPSA) is 26.3 Å². The molecule has 2 nitrogen and oxygen atoms in total. The largest absolute Gasteiger partial charge is 0.452 e. The Morgan fingerprint density at radius 3 is 2.88 bits per heavy atom. The highest BCUT2D eigenvalue weighted by Gasteiger charge is 1.93. The molecule has 0 fully saturated rings. The minimum atomic E-state index is -0.331. The standard InChI is InChI=1S/C5H5BrO2/c1-2-3-8-5(7)4-6/h1H,3-4H2. The Balaban J connectivity index is 3.15. The summed E-state index contributed by atoms with van der Waals surface area (Å²) in [4.78, 5) is 10.2. The summed E-state index contributed by atoms with van der Waals surface area (Å²) >= 11 is 2.90. The van der Waals surface area contributed by atoms with Crippen molar-refractivity contribution < 1.29 is 9.53 Å². The van der Waals surface area contributed by atoms with Gasteiger partial charge in [0.05, 0.1) is 0 Å². The van der Waals surface area contributed by atoms with Crippen molar-refractivity contribution in [3.63, 3.8) is 0 Å². The van der Waals surface area contributed by atoms with Gasteiger partial charge in [-0.05, 0) is 0 Å². The van der Waals surface area contributed by atoms with E-state index in [1.807, 2.05) is 0 Å². The number of carbonyl (C=O) groups excluding carboxylic acids is 1. The third-order valence-corrected chi connectivity index (χ3v) is 0.883. The molecular weight excluding hydrogens is 172 g/mol. The fourth-order valence-corrected chi connectivity index (χ4v) is 0.323. The molecular formula is C5H5BrO2. The van der Waals surface area contributed by atoms with Crippen LogP contribution in [0.1, 0.15) is 0 Å². The highest BCUT2D eigenvalue weighted by atomic mass is 79.9. The maximum atomic E-state index is 10.2. The molecule has 0 atom stereocenters. The highest BCUT2D eigenvalue weighted by Crippen LogP contribution is 1.82. The molecule has 0 radical (unpaired) electrons. The first-order valence-corrected chi connectivity index (χ1v) is 3.08. The molecule has 44 valence electrons. The Hall–Kier alpha value is -0.490. The van der Waals surface area contributed by atoms with E-state index in [-0.39, 0.29) is 17.9 Å². The number of carbonyl (C=O) groups is 1. The van der Waals surface area contributed by atoms with Crippen molar-refractivity contribution in [3.05, 3.63) is 0 Å². The average Bonchev–Trinajstić information content (AvgIpc) is 1.83. The summed E-state index contributed by atoms with van der Waals surface area (Å²) in [6.45, 7) is 0.0600. The SMILES string of the molecule is C#CCOC(=O)CBr. The quantitative estimate of drug-likeness (QED) is 0.350. The van der Waals surface area contributed by atoms with Crippen molar-refractivity contribution >= 4 is 21.9 Å². The van der Waals surface area contributed by atoms with Crippen LogP contribution in [0.15, 0.2) is 0 Å². The van der Waals surface area contributed by atoms with Crippen LogP contribution in [0.25, 0.3) is 0 Å². The average molecular weight is 177 g/mol. The zero-order valence-electron chi connectivity index (χ0n) is 4.19. The van der Waals surface area contributed by atoms with E-state index in [2.05, 4.69) is 26.6 Å². The minimum Gasteiger partial charge on any atom is -0.452 e. The summed E-state index contributed by atoms with van der Waals surface area (Å²) < 4.78 is 4.42. The fraction of sp³-hybridized carbons (Fsp3) is 0.400. The van der Waals surface area contributed by atoms with Crippen molar-refractivity contribution in [2.24, 2.45) is 0 Å². The number of esters is 1. The van der Waals surface area contributed by atoms with Crippen LogP contribution in [-0.4, -0.2) is 17.9 Å². The number of ether oxygens (including phenoxy) is 1. The van der Waals surface area contributed by atoms with Gasteiger partial charge in [-0.2, -0.15) is 0 Å². The van der Waals surface area contributed by atoms with Gasteiger partial charge in [0.1, 0.15) is 5.33 Å². The Morgan fingerprint density at radius 2 is 2.50 bits per heavy atom. The summed E-state index contributed by atoms with van der Waals surface area (Å²) in [7, 11) is 0. The molecule has 0 aromatic rings. The van der Waals surface area contributed by atoms with Crippen LogP contribution in [0.2, 0.25) is 0 Å². The highest BCUT2D eigenvalue weighted by molar-refractivity contribution is 9.09. The monoisotopic (exact) mass is 176 g/mol. The molecule has 8 heavy (non-hydrogen) atoms. The maximum absolute atomic E-state index is 10.2. The smallest absolute Gasteiger partial charge is 0.317 e. The molecule has 0 aliphatic carbocycles. The zero-order chi connectivity index (χ0) is 6.41. The summed E-state index contributed by atoms with van der Waals surface area (Å²) in [6.07, 6.45) is 4.79. The van der Waals surface area contributed by atoms with Gasteiger partial charge in [-0.15, -0.1) is 6.42 Å². The second kappa shape index (κ2) is 4.66. The first-order chi connectivity index (χ1) is 3.81.